The third kappa shape index (κ3) is 4.09. The predicted octanol–water partition coefficient (Wildman–Crippen LogP) is 1.50. The first-order valence-electron chi connectivity index (χ1n) is 9.96. The van der Waals surface area contributed by atoms with Crippen LogP contribution in [0.5, 0.6) is 0 Å². The van der Waals surface area contributed by atoms with Crippen molar-refractivity contribution in [2.75, 3.05) is 69.2 Å². The highest BCUT2D eigenvalue weighted by Gasteiger charge is 2.23. The number of aryl methyl sites for hydroxylation is 1. The van der Waals surface area contributed by atoms with Crippen LogP contribution in [0.15, 0.2) is 36.7 Å². The summed E-state index contributed by atoms with van der Waals surface area (Å²) in [6.07, 6.45) is 1.52. The maximum absolute atomic E-state index is 12.8. The molecule has 1 amide bonds. The van der Waals surface area contributed by atoms with Crippen LogP contribution in [0.3, 0.4) is 0 Å². The molecule has 1 aromatic carbocycles. The predicted molar refractivity (Wildman–Crippen MR) is 111 cm³/mol. The van der Waals surface area contributed by atoms with Gasteiger partial charge in [-0.15, -0.1) is 0 Å². The minimum Gasteiger partial charge on any atom is -0.368 e. The summed E-state index contributed by atoms with van der Waals surface area (Å²) in [7, 11) is 2.08. The fourth-order valence-electron chi connectivity index (χ4n) is 3.83. The maximum atomic E-state index is 12.8. The standard InChI is InChI=1S/C21H28N6O/c1-17-4-3-5-18(14-17)25-10-12-26(13-11-25)20-15-19(22-16-23-20)21(28)27-8-6-24(2)7-9-27/h3-5,14-16H,6-13H2,1-2H3. The summed E-state index contributed by atoms with van der Waals surface area (Å²) in [6.45, 7) is 9.09. The van der Waals surface area contributed by atoms with Crippen LogP contribution in [-0.4, -0.2) is 85.1 Å². The van der Waals surface area contributed by atoms with Gasteiger partial charge in [0.25, 0.3) is 5.91 Å². The molecule has 2 aliphatic rings. The van der Waals surface area contributed by atoms with E-state index in [1.807, 2.05) is 11.0 Å². The molecule has 28 heavy (non-hydrogen) atoms. The summed E-state index contributed by atoms with van der Waals surface area (Å²) in [5.41, 5.74) is 3.05. The quantitative estimate of drug-likeness (QED) is 0.804. The number of amides is 1. The Bertz CT molecular complexity index is 825. The van der Waals surface area contributed by atoms with Gasteiger partial charge in [0.15, 0.2) is 0 Å². The van der Waals surface area contributed by atoms with E-state index in [1.165, 1.54) is 17.6 Å². The second-order valence-corrected chi connectivity index (χ2v) is 7.67. The van der Waals surface area contributed by atoms with Crippen molar-refractivity contribution in [2.24, 2.45) is 0 Å². The Hall–Kier alpha value is -2.67. The molecular weight excluding hydrogens is 352 g/mol. The molecule has 1 aromatic heterocycles. The van der Waals surface area contributed by atoms with Gasteiger partial charge in [0, 0.05) is 64.1 Å². The van der Waals surface area contributed by atoms with Crippen molar-refractivity contribution < 1.29 is 4.79 Å². The van der Waals surface area contributed by atoms with E-state index in [0.717, 1.165) is 58.2 Å². The van der Waals surface area contributed by atoms with Crippen LogP contribution in [0.1, 0.15) is 16.1 Å². The second kappa shape index (κ2) is 8.14. The van der Waals surface area contributed by atoms with E-state index in [9.17, 15) is 4.79 Å². The second-order valence-electron chi connectivity index (χ2n) is 7.67. The smallest absolute Gasteiger partial charge is 0.272 e. The lowest BCUT2D eigenvalue weighted by atomic mass is 10.2. The van der Waals surface area contributed by atoms with Gasteiger partial charge in [0.1, 0.15) is 17.8 Å². The van der Waals surface area contributed by atoms with Crippen molar-refractivity contribution in [1.82, 2.24) is 19.8 Å². The fourth-order valence-corrected chi connectivity index (χ4v) is 3.83. The van der Waals surface area contributed by atoms with Gasteiger partial charge in [-0.1, -0.05) is 12.1 Å². The number of likely N-dealkylation sites (N-methyl/N-ethyl adjacent to an activating group) is 1. The lowest BCUT2D eigenvalue weighted by Crippen LogP contribution is -2.48. The fraction of sp³-hybridized carbons (Fsp3) is 0.476. The number of benzene rings is 1. The van der Waals surface area contributed by atoms with Crippen molar-refractivity contribution in [3.63, 3.8) is 0 Å². The average Bonchev–Trinajstić information content (AvgIpc) is 2.74. The molecule has 0 atom stereocenters. The number of carbonyl (C=O) groups is 1. The maximum Gasteiger partial charge on any atom is 0.272 e. The first-order valence-corrected chi connectivity index (χ1v) is 9.96. The lowest BCUT2D eigenvalue weighted by Gasteiger charge is -2.37. The van der Waals surface area contributed by atoms with Crippen LogP contribution in [0, 0.1) is 6.92 Å². The van der Waals surface area contributed by atoms with Gasteiger partial charge < -0.3 is 19.6 Å². The third-order valence-electron chi connectivity index (χ3n) is 5.63. The average molecular weight is 380 g/mol. The SMILES string of the molecule is Cc1cccc(N2CCN(c3cc(C(=O)N4CCN(C)CC4)ncn3)CC2)c1. The molecule has 0 bridgehead atoms. The molecule has 2 saturated heterocycles. The zero-order valence-corrected chi connectivity index (χ0v) is 16.7. The van der Waals surface area contributed by atoms with Gasteiger partial charge in [0.2, 0.25) is 0 Å². The number of piperazine rings is 2. The van der Waals surface area contributed by atoms with E-state index in [1.54, 1.807) is 0 Å². The van der Waals surface area contributed by atoms with Gasteiger partial charge in [-0.25, -0.2) is 9.97 Å². The summed E-state index contributed by atoms with van der Waals surface area (Å²) in [6, 6.07) is 10.5. The number of hydrogen-bond acceptors (Lipinski definition) is 6. The molecule has 2 fully saturated rings. The summed E-state index contributed by atoms with van der Waals surface area (Å²) >= 11 is 0. The Balaban J connectivity index is 1.40. The minimum absolute atomic E-state index is 0.00940. The molecule has 2 aliphatic heterocycles. The number of anilines is 2. The Labute approximate surface area is 166 Å². The highest BCUT2D eigenvalue weighted by Crippen LogP contribution is 2.20. The first-order chi connectivity index (χ1) is 13.6. The topological polar surface area (TPSA) is 55.8 Å². The summed E-state index contributed by atoms with van der Waals surface area (Å²) < 4.78 is 0. The number of hydrogen-bond donors (Lipinski definition) is 0. The molecule has 0 spiro atoms. The van der Waals surface area contributed by atoms with Crippen LogP contribution in [-0.2, 0) is 0 Å². The van der Waals surface area contributed by atoms with Crippen LogP contribution >= 0.6 is 0 Å². The molecule has 0 saturated carbocycles. The van der Waals surface area contributed by atoms with E-state index >= 15 is 0 Å². The number of carbonyl (C=O) groups excluding carboxylic acids is 1. The van der Waals surface area contributed by atoms with Gasteiger partial charge >= 0.3 is 0 Å². The van der Waals surface area contributed by atoms with E-state index in [-0.39, 0.29) is 5.91 Å². The summed E-state index contributed by atoms with van der Waals surface area (Å²) in [5, 5.41) is 0. The Kier molecular flexibility index (Phi) is 5.43. The van der Waals surface area contributed by atoms with Crippen molar-refractivity contribution in [1.29, 1.82) is 0 Å². The Morgan fingerprint density at radius 2 is 1.61 bits per heavy atom. The number of aromatic nitrogens is 2. The highest BCUT2D eigenvalue weighted by atomic mass is 16.2. The van der Waals surface area contributed by atoms with E-state index in [0.29, 0.717) is 5.69 Å². The van der Waals surface area contributed by atoms with Crippen molar-refractivity contribution in [3.8, 4) is 0 Å². The van der Waals surface area contributed by atoms with Gasteiger partial charge in [-0.2, -0.15) is 0 Å². The van der Waals surface area contributed by atoms with Gasteiger partial charge in [-0.05, 0) is 31.7 Å². The molecule has 0 aliphatic carbocycles. The molecule has 7 nitrogen and oxygen atoms in total. The van der Waals surface area contributed by atoms with Crippen LogP contribution in [0.4, 0.5) is 11.5 Å². The molecule has 7 heteroatoms. The molecule has 148 valence electrons. The largest absolute Gasteiger partial charge is 0.368 e. The number of rotatable bonds is 3. The van der Waals surface area contributed by atoms with Crippen LogP contribution in [0.25, 0.3) is 0 Å². The highest BCUT2D eigenvalue weighted by molar-refractivity contribution is 5.93. The Morgan fingerprint density at radius 1 is 0.893 bits per heavy atom. The molecule has 4 rings (SSSR count). The number of nitrogens with zero attached hydrogens (tertiary/aromatic N) is 6. The summed E-state index contributed by atoms with van der Waals surface area (Å²) in [5.74, 6) is 0.853. The molecule has 3 heterocycles. The van der Waals surface area contributed by atoms with Crippen molar-refractivity contribution in [2.45, 2.75) is 6.92 Å². The normalized spacial score (nSPS) is 18.4. The summed E-state index contributed by atoms with van der Waals surface area (Å²) in [4.78, 5) is 30.3. The molecule has 0 N–H and O–H groups in total. The molecular formula is C21H28N6O. The minimum atomic E-state index is 0.00940. The Morgan fingerprint density at radius 3 is 2.32 bits per heavy atom. The zero-order valence-electron chi connectivity index (χ0n) is 16.7. The van der Waals surface area contributed by atoms with E-state index in [4.69, 9.17) is 0 Å². The van der Waals surface area contributed by atoms with Crippen molar-refractivity contribution in [3.05, 3.63) is 47.9 Å². The van der Waals surface area contributed by atoms with Crippen molar-refractivity contribution >= 4 is 17.4 Å². The van der Waals surface area contributed by atoms with Crippen LogP contribution in [0.2, 0.25) is 0 Å². The zero-order chi connectivity index (χ0) is 19.5. The first kappa shape index (κ1) is 18.7. The monoisotopic (exact) mass is 380 g/mol. The third-order valence-corrected chi connectivity index (χ3v) is 5.63. The van der Waals surface area contributed by atoms with E-state index < -0.39 is 0 Å². The molecule has 0 radical (unpaired) electrons. The molecule has 2 aromatic rings. The molecule has 0 unspecified atom stereocenters. The van der Waals surface area contributed by atoms with Crippen LogP contribution < -0.4 is 9.80 Å². The lowest BCUT2D eigenvalue weighted by molar-refractivity contribution is 0.0658. The van der Waals surface area contributed by atoms with Gasteiger partial charge in [-0.3, -0.25) is 4.79 Å². The van der Waals surface area contributed by atoms with Gasteiger partial charge in [0.05, 0.1) is 0 Å². The van der Waals surface area contributed by atoms with E-state index in [2.05, 4.69) is 62.9 Å².